The standard InChI is InChI=1S/C13H11BrClN3/c1-2-5-17-12-8(6-16)7-18-13-9(12)3-4-10(15)11(13)14/h3-4,7H,2,5H2,1H3,(H,17,18). The van der Waals surface area contributed by atoms with Crippen molar-refractivity contribution in [3.63, 3.8) is 0 Å². The molecule has 0 saturated carbocycles. The first-order valence-electron chi connectivity index (χ1n) is 5.59. The molecule has 0 atom stereocenters. The van der Waals surface area contributed by atoms with E-state index in [0.717, 1.165) is 34.0 Å². The number of pyridine rings is 1. The molecule has 0 unspecified atom stereocenters. The van der Waals surface area contributed by atoms with Gasteiger partial charge in [-0.2, -0.15) is 5.26 Å². The van der Waals surface area contributed by atoms with Crippen LogP contribution >= 0.6 is 27.5 Å². The lowest BCUT2D eigenvalue weighted by Crippen LogP contribution is -2.03. The number of anilines is 1. The summed E-state index contributed by atoms with van der Waals surface area (Å²) in [7, 11) is 0. The van der Waals surface area contributed by atoms with Crippen molar-refractivity contribution in [1.29, 1.82) is 5.26 Å². The molecule has 2 aromatic rings. The van der Waals surface area contributed by atoms with Crippen LogP contribution in [0, 0.1) is 11.3 Å². The van der Waals surface area contributed by atoms with E-state index >= 15 is 0 Å². The summed E-state index contributed by atoms with van der Waals surface area (Å²) in [6.45, 7) is 2.89. The van der Waals surface area contributed by atoms with Crippen LogP contribution in [0.5, 0.6) is 0 Å². The van der Waals surface area contributed by atoms with Crippen LogP contribution in [0.2, 0.25) is 5.02 Å². The Morgan fingerprint density at radius 2 is 2.28 bits per heavy atom. The van der Waals surface area contributed by atoms with Crippen molar-refractivity contribution >= 4 is 44.1 Å². The Morgan fingerprint density at radius 1 is 1.50 bits per heavy atom. The molecule has 0 saturated heterocycles. The number of rotatable bonds is 3. The molecule has 1 aromatic heterocycles. The maximum absolute atomic E-state index is 9.13. The van der Waals surface area contributed by atoms with Crippen LogP contribution in [0.1, 0.15) is 18.9 Å². The van der Waals surface area contributed by atoms with Crippen molar-refractivity contribution in [2.24, 2.45) is 0 Å². The van der Waals surface area contributed by atoms with Gasteiger partial charge in [-0.1, -0.05) is 18.5 Å². The summed E-state index contributed by atoms with van der Waals surface area (Å²) in [5, 5.41) is 13.9. The Morgan fingerprint density at radius 3 is 2.94 bits per heavy atom. The van der Waals surface area contributed by atoms with E-state index in [-0.39, 0.29) is 0 Å². The summed E-state index contributed by atoms with van der Waals surface area (Å²) in [4.78, 5) is 4.29. The van der Waals surface area contributed by atoms with Gasteiger partial charge in [0.05, 0.1) is 26.3 Å². The van der Waals surface area contributed by atoms with Gasteiger partial charge in [-0.05, 0) is 34.5 Å². The maximum Gasteiger partial charge on any atom is 0.103 e. The quantitative estimate of drug-likeness (QED) is 0.913. The summed E-state index contributed by atoms with van der Waals surface area (Å²) >= 11 is 9.47. The predicted molar refractivity (Wildman–Crippen MR) is 77.9 cm³/mol. The summed E-state index contributed by atoms with van der Waals surface area (Å²) in [6.07, 6.45) is 2.56. The van der Waals surface area contributed by atoms with Gasteiger partial charge in [-0.15, -0.1) is 0 Å². The highest BCUT2D eigenvalue weighted by molar-refractivity contribution is 9.10. The van der Waals surface area contributed by atoms with Gasteiger partial charge in [-0.3, -0.25) is 4.98 Å². The molecule has 18 heavy (non-hydrogen) atoms. The lowest BCUT2D eigenvalue weighted by Gasteiger charge is -2.11. The average molecular weight is 325 g/mol. The molecular formula is C13H11BrClN3. The summed E-state index contributed by atoms with van der Waals surface area (Å²) in [5.74, 6) is 0. The van der Waals surface area contributed by atoms with E-state index in [1.807, 2.05) is 6.07 Å². The molecule has 1 aromatic carbocycles. The largest absolute Gasteiger partial charge is 0.383 e. The van der Waals surface area contributed by atoms with E-state index < -0.39 is 0 Å². The zero-order valence-electron chi connectivity index (χ0n) is 9.80. The van der Waals surface area contributed by atoms with Crippen LogP contribution in [0.4, 0.5) is 5.69 Å². The number of hydrogen-bond donors (Lipinski definition) is 1. The van der Waals surface area contributed by atoms with Gasteiger partial charge in [-0.25, -0.2) is 0 Å². The van der Waals surface area contributed by atoms with Crippen LogP contribution in [0.3, 0.4) is 0 Å². The van der Waals surface area contributed by atoms with Crippen LogP contribution in [-0.2, 0) is 0 Å². The minimum atomic E-state index is 0.546. The molecule has 0 spiro atoms. The van der Waals surface area contributed by atoms with Crippen molar-refractivity contribution in [3.8, 4) is 6.07 Å². The highest BCUT2D eigenvalue weighted by Gasteiger charge is 2.12. The van der Waals surface area contributed by atoms with Gasteiger partial charge in [0.1, 0.15) is 6.07 Å². The van der Waals surface area contributed by atoms with Crippen LogP contribution in [0.15, 0.2) is 22.8 Å². The maximum atomic E-state index is 9.13. The Balaban J connectivity index is 2.70. The Hall–Kier alpha value is -1.31. The third-order valence-corrected chi connectivity index (χ3v) is 3.95. The molecule has 0 amide bonds. The topological polar surface area (TPSA) is 48.7 Å². The second kappa shape index (κ2) is 5.55. The van der Waals surface area contributed by atoms with Gasteiger partial charge in [0.25, 0.3) is 0 Å². The van der Waals surface area contributed by atoms with Crippen molar-refractivity contribution < 1.29 is 0 Å². The summed E-state index contributed by atoms with van der Waals surface area (Å²) in [6, 6.07) is 5.84. The minimum absolute atomic E-state index is 0.546. The molecule has 1 N–H and O–H groups in total. The molecule has 0 aliphatic rings. The second-order valence-electron chi connectivity index (χ2n) is 3.84. The fourth-order valence-electron chi connectivity index (χ4n) is 1.73. The molecule has 2 rings (SSSR count). The van der Waals surface area contributed by atoms with Crippen molar-refractivity contribution in [2.75, 3.05) is 11.9 Å². The number of fused-ring (bicyclic) bond motifs is 1. The van der Waals surface area contributed by atoms with Crippen LogP contribution in [0.25, 0.3) is 10.9 Å². The van der Waals surface area contributed by atoms with E-state index in [1.165, 1.54) is 0 Å². The number of nitrogens with one attached hydrogen (secondary N) is 1. The Bertz CT molecular complexity index is 634. The smallest absolute Gasteiger partial charge is 0.103 e. The van der Waals surface area contributed by atoms with Crippen molar-refractivity contribution in [3.05, 3.63) is 33.4 Å². The number of halogens is 2. The molecule has 0 radical (unpaired) electrons. The molecule has 0 fully saturated rings. The Labute approximate surface area is 119 Å². The van der Waals surface area contributed by atoms with Gasteiger partial charge in [0.2, 0.25) is 0 Å². The molecule has 5 heteroatoms. The lowest BCUT2D eigenvalue weighted by atomic mass is 10.1. The number of nitriles is 1. The highest BCUT2D eigenvalue weighted by atomic mass is 79.9. The van der Waals surface area contributed by atoms with Gasteiger partial charge in [0.15, 0.2) is 0 Å². The van der Waals surface area contributed by atoms with E-state index in [4.69, 9.17) is 16.9 Å². The minimum Gasteiger partial charge on any atom is -0.383 e. The predicted octanol–water partition coefficient (Wildman–Crippen LogP) is 4.34. The van der Waals surface area contributed by atoms with Gasteiger partial charge in [0, 0.05) is 18.1 Å². The first kappa shape index (κ1) is 13.1. The number of aromatic nitrogens is 1. The number of benzene rings is 1. The normalized spacial score (nSPS) is 10.3. The van der Waals surface area contributed by atoms with Gasteiger partial charge >= 0.3 is 0 Å². The van der Waals surface area contributed by atoms with Gasteiger partial charge < -0.3 is 5.32 Å². The zero-order chi connectivity index (χ0) is 13.1. The third kappa shape index (κ3) is 2.29. The monoisotopic (exact) mass is 323 g/mol. The third-order valence-electron chi connectivity index (χ3n) is 2.60. The van der Waals surface area contributed by atoms with E-state index in [0.29, 0.717) is 10.6 Å². The molecule has 1 heterocycles. The SMILES string of the molecule is CCCNc1c(C#N)cnc2c(Br)c(Cl)ccc12. The van der Waals surface area contributed by atoms with E-state index in [1.54, 1.807) is 12.3 Å². The highest BCUT2D eigenvalue weighted by Crippen LogP contribution is 2.34. The Kier molecular flexibility index (Phi) is 4.05. The number of nitrogens with zero attached hydrogens (tertiary/aromatic N) is 2. The fraction of sp³-hybridized carbons (Fsp3) is 0.231. The van der Waals surface area contributed by atoms with Crippen molar-refractivity contribution in [2.45, 2.75) is 13.3 Å². The summed E-state index contributed by atoms with van der Waals surface area (Å²) in [5.41, 5.74) is 2.13. The molecule has 0 bridgehead atoms. The number of hydrogen-bond acceptors (Lipinski definition) is 3. The first-order valence-corrected chi connectivity index (χ1v) is 6.76. The fourth-order valence-corrected chi connectivity index (χ4v) is 2.33. The molecule has 3 nitrogen and oxygen atoms in total. The second-order valence-corrected chi connectivity index (χ2v) is 5.04. The zero-order valence-corrected chi connectivity index (χ0v) is 12.1. The van der Waals surface area contributed by atoms with Crippen LogP contribution in [-0.4, -0.2) is 11.5 Å². The van der Waals surface area contributed by atoms with Crippen molar-refractivity contribution in [1.82, 2.24) is 4.98 Å². The van der Waals surface area contributed by atoms with E-state index in [2.05, 4.69) is 39.2 Å². The molecule has 0 aliphatic heterocycles. The van der Waals surface area contributed by atoms with E-state index in [9.17, 15) is 0 Å². The summed E-state index contributed by atoms with van der Waals surface area (Å²) < 4.78 is 0.755. The van der Waals surface area contributed by atoms with Crippen LogP contribution < -0.4 is 5.32 Å². The molecular weight excluding hydrogens is 314 g/mol. The molecule has 0 aliphatic carbocycles. The molecule has 92 valence electrons. The first-order chi connectivity index (χ1) is 8.69. The average Bonchev–Trinajstić information content (AvgIpc) is 2.40. The lowest BCUT2D eigenvalue weighted by molar-refractivity contribution is 0.980.